The third-order valence-electron chi connectivity index (χ3n) is 5.04. The molecule has 5 aromatic rings. The second-order valence-corrected chi connectivity index (χ2v) is 6.57. The fraction of sp³-hybridized carbons (Fsp3) is 0.150. The molecule has 7 nitrogen and oxygen atoms in total. The summed E-state index contributed by atoms with van der Waals surface area (Å²) in [7, 11) is 0. The summed E-state index contributed by atoms with van der Waals surface area (Å²) in [5.74, 6) is 0. The van der Waals surface area contributed by atoms with Gasteiger partial charge in [0.2, 0.25) is 0 Å². The molecule has 1 N–H and O–H groups in total. The number of nitrogens with one attached hydrogen (secondary N) is 1. The Kier molecular flexibility index (Phi) is 3.46. The molecule has 7 heteroatoms. The van der Waals surface area contributed by atoms with Crippen LogP contribution >= 0.6 is 0 Å². The Morgan fingerprint density at radius 3 is 2.85 bits per heavy atom. The maximum atomic E-state index is 4.78. The summed E-state index contributed by atoms with van der Waals surface area (Å²) in [5, 5.41) is 7.97. The Morgan fingerprint density at radius 2 is 2.00 bits per heavy atom. The first-order chi connectivity index (χ1) is 13.2. The minimum absolute atomic E-state index is 0.0634. The molecule has 0 aliphatic heterocycles. The number of imidazole rings is 1. The van der Waals surface area contributed by atoms with E-state index in [1.54, 1.807) is 24.9 Å². The van der Waals surface area contributed by atoms with E-state index in [-0.39, 0.29) is 6.04 Å². The summed E-state index contributed by atoms with van der Waals surface area (Å²) in [6.07, 6.45) is 8.89. The molecule has 4 heterocycles. The molecule has 1 unspecified atom stereocenters. The first-order valence-corrected chi connectivity index (χ1v) is 8.75. The number of aromatic amines is 1. The second-order valence-electron chi connectivity index (χ2n) is 6.57. The van der Waals surface area contributed by atoms with Gasteiger partial charge in [0.15, 0.2) is 11.3 Å². The van der Waals surface area contributed by atoms with Gasteiger partial charge in [0.1, 0.15) is 0 Å². The van der Waals surface area contributed by atoms with E-state index in [2.05, 4.69) is 61.8 Å². The smallest absolute Gasteiger partial charge is 0.197 e. The Morgan fingerprint density at radius 1 is 1.07 bits per heavy atom. The minimum Gasteiger partial charge on any atom is -0.307 e. The van der Waals surface area contributed by atoms with Crippen LogP contribution < -0.4 is 0 Å². The van der Waals surface area contributed by atoms with Crippen molar-refractivity contribution in [3.63, 3.8) is 0 Å². The Balaban J connectivity index is 1.65. The maximum Gasteiger partial charge on any atom is 0.197 e. The quantitative estimate of drug-likeness (QED) is 0.533. The third-order valence-corrected chi connectivity index (χ3v) is 5.04. The lowest BCUT2D eigenvalue weighted by atomic mass is 9.98. The highest BCUT2D eigenvalue weighted by Crippen LogP contribution is 2.29. The second kappa shape index (κ2) is 5.98. The van der Waals surface area contributed by atoms with Crippen LogP contribution in [-0.4, -0.2) is 34.7 Å². The van der Waals surface area contributed by atoms with Gasteiger partial charge in [-0.1, -0.05) is 12.1 Å². The SMILES string of the molecule is Cc1c(C(C)n2cnc3ncc(-c4cn[nH]c4)nc32)ccc2ncccc12. The molecule has 0 fully saturated rings. The average Bonchev–Trinajstić information content (AvgIpc) is 3.37. The molecule has 4 aromatic heterocycles. The van der Waals surface area contributed by atoms with Crippen LogP contribution in [0, 0.1) is 6.92 Å². The van der Waals surface area contributed by atoms with E-state index in [0.29, 0.717) is 5.65 Å². The maximum absolute atomic E-state index is 4.78. The molecule has 0 spiro atoms. The van der Waals surface area contributed by atoms with Gasteiger partial charge in [-0.15, -0.1) is 0 Å². The van der Waals surface area contributed by atoms with E-state index in [9.17, 15) is 0 Å². The van der Waals surface area contributed by atoms with Gasteiger partial charge in [-0.2, -0.15) is 5.10 Å². The Bertz CT molecular complexity index is 1250. The van der Waals surface area contributed by atoms with Crippen molar-refractivity contribution >= 4 is 22.2 Å². The lowest BCUT2D eigenvalue weighted by molar-refractivity contribution is 0.649. The van der Waals surface area contributed by atoms with Crippen molar-refractivity contribution in [2.45, 2.75) is 19.9 Å². The highest BCUT2D eigenvalue weighted by atomic mass is 15.2. The van der Waals surface area contributed by atoms with E-state index in [4.69, 9.17) is 4.98 Å². The van der Waals surface area contributed by atoms with Crippen molar-refractivity contribution in [2.75, 3.05) is 0 Å². The van der Waals surface area contributed by atoms with Crippen LogP contribution in [0.5, 0.6) is 0 Å². The van der Waals surface area contributed by atoms with Gasteiger partial charge in [-0.05, 0) is 37.1 Å². The summed E-state index contributed by atoms with van der Waals surface area (Å²) in [6.45, 7) is 4.29. The molecule has 0 saturated heterocycles. The largest absolute Gasteiger partial charge is 0.307 e. The molecule has 27 heavy (non-hydrogen) atoms. The van der Waals surface area contributed by atoms with E-state index in [1.807, 2.05) is 12.3 Å². The fourth-order valence-electron chi connectivity index (χ4n) is 3.54. The standard InChI is InChI=1S/C20H17N7/c1-12-15(5-6-17-16(12)4-3-7-21-17)13(2)27-11-23-19-20(27)26-18(10-22-19)14-8-24-25-9-14/h3-11,13H,1-2H3,(H,24,25). The monoisotopic (exact) mass is 355 g/mol. The zero-order valence-corrected chi connectivity index (χ0v) is 15.0. The van der Waals surface area contributed by atoms with Crippen molar-refractivity contribution in [3.05, 3.63) is 66.5 Å². The molecule has 0 amide bonds. The van der Waals surface area contributed by atoms with Crippen LogP contribution in [0.1, 0.15) is 24.1 Å². The molecule has 0 aliphatic carbocycles. The van der Waals surface area contributed by atoms with Gasteiger partial charge in [-0.3, -0.25) is 10.1 Å². The highest BCUT2D eigenvalue weighted by Gasteiger charge is 2.17. The third kappa shape index (κ3) is 2.47. The van der Waals surface area contributed by atoms with Gasteiger partial charge >= 0.3 is 0 Å². The zero-order valence-electron chi connectivity index (χ0n) is 15.0. The van der Waals surface area contributed by atoms with Crippen LogP contribution in [0.15, 0.2) is 55.4 Å². The number of hydrogen-bond donors (Lipinski definition) is 1. The molecule has 5 rings (SSSR count). The van der Waals surface area contributed by atoms with E-state index in [0.717, 1.165) is 27.8 Å². The number of nitrogens with zero attached hydrogens (tertiary/aromatic N) is 6. The first-order valence-electron chi connectivity index (χ1n) is 8.75. The number of benzene rings is 1. The highest BCUT2D eigenvalue weighted by molar-refractivity contribution is 5.83. The molecule has 0 saturated carbocycles. The van der Waals surface area contributed by atoms with E-state index in [1.165, 1.54) is 11.1 Å². The molecule has 132 valence electrons. The van der Waals surface area contributed by atoms with Crippen LogP contribution in [-0.2, 0) is 0 Å². The van der Waals surface area contributed by atoms with Gasteiger partial charge in [-0.25, -0.2) is 15.0 Å². The summed E-state index contributed by atoms with van der Waals surface area (Å²) < 4.78 is 2.07. The molecule has 1 aromatic carbocycles. The number of aromatic nitrogens is 7. The summed E-state index contributed by atoms with van der Waals surface area (Å²) >= 11 is 0. The normalized spacial score (nSPS) is 12.7. The Labute approximate surface area is 155 Å². The van der Waals surface area contributed by atoms with Crippen molar-refractivity contribution in [1.82, 2.24) is 34.7 Å². The number of pyridine rings is 1. The van der Waals surface area contributed by atoms with Crippen molar-refractivity contribution in [2.24, 2.45) is 0 Å². The predicted molar refractivity (Wildman–Crippen MR) is 103 cm³/mol. The number of H-pyrrole nitrogens is 1. The van der Waals surface area contributed by atoms with Crippen molar-refractivity contribution in [3.8, 4) is 11.3 Å². The van der Waals surface area contributed by atoms with Gasteiger partial charge < -0.3 is 4.57 Å². The number of rotatable bonds is 3. The van der Waals surface area contributed by atoms with Crippen LogP contribution in [0.3, 0.4) is 0 Å². The zero-order chi connectivity index (χ0) is 18.4. The van der Waals surface area contributed by atoms with Crippen LogP contribution in [0.4, 0.5) is 0 Å². The van der Waals surface area contributed by atoms with Gasteiger partial charge in [0.25, 0.3) is 0 Å². The van der Waals surface area contributed by atoms with Crippen molar-refractivity contribution in [1.29, 1.82) is 0 Å². The fourth-order valence-corrected chi connectivity index (χ4v) is 3.54. The number of hydrogen-bond acceptors (Lipinski definition) is 5. The van der Waals surface area contributed by atoms with Gasteiger partial charge in [0, 0.05) is 23.3 Å². The molecular weight excluding hydrogens is 338 g/mol. The Hall–Kier alpha value is -3.61. The lowest BCUT2D eigenvalue weighted by Crippen LogP contribution is -2.08. The first kappa shape index (κ1) is 15.6. The van der Waals surface area contributed by atoms with Gasteiger partial charge in [0.05, 0.1) is 36.0 Å². The minimum atomic E-state index is 0.0634. The predicted octanol–water partition coefficient (Wildman–Crippen LogP) is 3.68. The molecule has 0 radical (unpaired) electrons. The molecular formula is C20H17N7. The summed E-state index contributed by atoms with van der Waals surface area (Å²) in [4.78, 5) is 18.1. The van der Waals surface area contributed by atoms with Crippen LogP contribution in [0.25, 0.3) is 33.5 Å². The molecule has 0 bridgehead atoms. The number of aryl methyl sites for hydroxylation is 1. The van der Waals surface area contributed by atoms with Crippen molar-refractivity contribution < 1.29 is 0 Å². The molecule has 1 atom stereocenters. The topological polar surface area (TPSA) is 85.2 Å². The van der Waals surface area contributed by atoms with E-state index < -0.39 is 0 Å². The van der Waals surface area contributed by atoms with E-state index >= 15 is 0 Å². The van der Waals surface area contributed by atoms with Crippen LogP contribution in [0.2, 0.25) is 0 Å². The lowest BCUT2D eigenvalue weighted by Gasteiger charge is -2.18. The number of fused-ring (bicyclic) bond motifs is 2. The summed E-state index contributed by atoms with van der Waals surface area (Å²) in [6, 6.07) is 8.34. The summed E-state index contributed by atoms with van der Waals surface area (Å²) in [5.41, 5.74) is 6.49. The molecule has 0 aliphatic rings. The average molecular weight is 355 g/mol.